The Morgan fingerprint density at radius 3 is 2.18 bits per heavy atom. The topological polar surface area (TPSA) is 66.8 Å². The van der Waals surface area contributed by atoms with E-state index >= 15 is 0 Å². The van der Waals surface area contributed by atoms with Gasteiger partial charge in [-0.2, -0.15) is 0 Å². The largest absolute Gasteiger partial charge is 0.305 e. The molecule has 1 fully saturated rings. The number of hydrogen-bond acceptors (Lipinski definition) is 4. The molecule has 0 aromatic heterocycles. The van der Waals surface area contributed by atoms with Crippen LogP contribution in [0.25, 0.3) is 0 Å². The minimum Gasteiger partial charge on any atom is -0.305 e. The molecule has 4 rings (SSSR count). The molecule has 2 aromatic carbocycles. The van der Waals surface area contributed by atoms with Crippen LogP contribution in [0.4, 0.5) is 0 Å². The summed E-state index contributed by atoms with van der Waals surface area (Å²) >= 11 is 0. The van der Waals surface area contributed by atoms with Gasteiger partial charge < -0.3 is 4.90 Å². The third-order valence-electron chi connectivity index (χ3n) is 8.58. The van der Waals surface area contributed by atoms with Crippen molar-refractivity contribution in [3.05, 3.63) is 72.1 Å². The SMILES string of the molecule is [CH2+]c1ccc(C(CCC(C)(C)C)N2C(=O)C(c3cccc(S(C)(=O)=O)c3)=NC23CCC(C(C)(C)C)CC3)cc1. The van der Waals surface area contributed by atoms with Gasteiger partial charge in [-0.15, -0.1) is 0 Å². The number of carbonyl (C=O) groups is 1. The Morgan fingerprint density at radius 2 is 1.64 bits per heavy atom. The molecule has 0 radical (unpaired) electrons. The van der Waals surface area contributed by atoms with Gasteiger partial charge in [-0.05, 0) is 67.4 Å². The highest BCUT2D eigenvalue weighted by atomic mass is 32.2. The molecule has 1 aliphatic carbocycles. The van der Waals surface area contributed by atoms with Gasteiger partial charge in [0.25, 0.3) is 5.91 Å². The van der Waals surface area contributed by atoms with Crippen LogP contribution in [0, 0.1) is 23.7 Å². The monoisotopic (exact) mass is 549 g/mol. The Kier molecular flexibility index (Phi) is 7.85. The van der Waals surface area contributed by atoms with Crippen LogP contribution in [-0.4, -0.2) is 36.9 Å². The molecule has 1 unspecified atom stereocenters. The van der Waals surface area contributed by atoms with Crippen molar-refractivity contribution in [1.29, 1.82) is 0 Å². The van der Waals surface area contributed by atoms with Gasteiger partial charge in [-0.3, -0.25) is 9.79 Å². The summed E-state index contributed by atoms with van der Waals surface area (Å²) in [5.74, 6) is 0.457. The van der Waals surface area contributed by atoms with Crippen LogP contribution in [0.3, 0.4) is 0 Å². The van der Waals surface area contributed by atoms with Crippen molar-refractivity contribution in [2.24, 2.45) is 21.7 Å². The van der Waals surface area contributed by atoms with Gasteiger partial charge >= 0.3 is 0 Å². The molecule has 1 atom stereocenters. The summed E-state index contributed by atoms with van der Waals surface area (Å²) < 4.78 is 24.7. The summed E-state index contributed by atoms with van der Waals surface area (Å²) in [6, 6.07) is 14.8. The zero-order valence-electron chi connectivity index (χ0n) is 24.8. The molecule has 1 spiro atoms. The van der Waals surface area contributed by atoms with Crippen LogP contribution in [0.5, 0.6) is 0 Å². The van der Waals surface area contributed by atoms with Crippen molar-refractivity contribution in [3.8, 4) is 0 Å². The molecular formula is C33H45N2O3S+. The number of sulfone groups is 1. The maximum Gasteiger partial charge on any atom is 0.275 e. The van der Waals surface area contributed by atoms with Crippen molar-refractivity contribution in [1.82, 2.24) is 4.90 Å². The third-order valence-corrected chi connectivity index (χ3v) is 9.69. The number of aliphatic imine (C=N–C) groups is 1. The number of benzene rings is 2. The minimum atomic E-state index is -3.42. The molecule has 1 aliphatic heterocycles. The molecular weight excluding hydrogens is 504 g/mol. The Balaban J connectivity index is 1.83. The second-order valence-corrected chi connectivity index (χ2v) is 15.9. The molecule has 0 saturated heterocycles. The summed E-state index contributed by atoms with van der Waals surface area (Å²) in [7, 11) is -3.42. The van der Waals surface area contributed by atoms with E-state index in [0.29, 0.717) is 17.2 Å². The Bertz CT molecular complexity index is 1340. The first-order valence-electron chi connectivity index (χ1n) is 14.2. The van der Waals surface area contributed by atoms with Crippen molar-refractivity contribution in [2.45, 2.75) is 96.7 Å². The smallest absolute Gasteiger partial charge is 0.275 e. The zero-order chi connectivity index (χ0) is 28.8. The molecule has 6 heteroatoms. The van der Waals surface area contributed by atoms with Gasteiger partial charge in [0.05, 0.1) is 10.9 Å². The predicted molar refractivity (Wildman–Crippen MR) is 159 cm³/mol. The number of carbonyl (C=O) groups excluding carboxylic acids is 1. The number of amides is 1. The maximum absolute atomic E-state index is 14.5. The fraction of sp³-hybridized carbons (Fsp3) is 0.545. The summed E-state index contributed by atoms with van der Waals surface area (Å²) in [4.78, 5) is 22.0. The van der Waals surface area contributed by atoms with E-state index in [9.17, 15) is 13.2 Å². The highest BCUT2D eigenvalue weighted by Crippen LogP contribution is 2.50. The lowest BCUT2D eigenvalue weighted by Crippen LogP contribution is -2.51. The second kappa shape index (κ2) is 10.4. The van der Waals surface area contributed by atoms with E-state index in [4.69, 9.17) is 4.99 Å². The molecule has 0 N–H and O–H groups in total. The van der Waals surface area contributed by atoms with Crippen molar-refractivity contribution in [2.75, 3.05) is 6.26 Å². The van der Waals surface area contributed by atoms with Gasteiger partial charge in [0, 0.05) is 48.6 Å². The molecule has 2 aliphatic rings. The summed E-state index contributed by atoms with van der Waals surface area (Å²) in [6.07, 6.45) is 6.56. The van der Waals surface area contributed by atoms with Gasteiger partial charge in [0.15, 0.2) is 9.84 Å². The van der Waals surface area contributed by atoms with Gasteiger partial charge in [-0.1, -0.05) is 53.7 Å². The first-order valence-corrected chi connectivity index (χ1v) is 16.1. The molecule has 39 heavy (non-hydrogen) atoms. The van der Waals surface area contributed by atoms with E-state index in [1.54, 1.807) is 18.2 Å². The quantitative estimate of drug-likeness (QED) is 0.353. The molecule has 5 nitrogen and oxygen atoms in total. The highest BCUT2D eigenvalue weighted by Gasteiger charge is 2.53. The Hall–Kier alpha value is -2.60. The lowest BCUT2D eigenvalue weighted by Gasteiger charge is -2.47. The third kappa shape index (κ3) is 6.42. The molecule has 0 bridgehead atoms. The highest BCUT2D eigenvalue weighted by molar-refractivity contribution is 7.90. The van der Waals surface area contributed by atoms with E-state index in [2.05, 4.69) is 65.5 Å². The molecule has 1 saturated carbocycles. The molecule has 1 heterocycles. The summed E-state index contributed by atoms with van der Waals surface area (Å²) in [6.45, 7) is 17.7. The van der Waals surface area contributed by atoms with Gasteiger partial charge in [0.2, 0.25) is 0 Å². The first kappa shape index (κ1) is 29.4. The number of rotatable bonds is 6. The molecule has 2 aromatic rings. The van der Waals surface area contributed by atoms with Crippen molar-refractivity contribution in [3.63, 3.8) is 0 Å². The fourth-order valence-corrected chi connectivity index (χ4v) is 6.83. The first-order chi connectivity index (χ1) is 18.0. The lowest BCUT2D eigenvalue weighted by molar-refractivity contribution is -0.134. The summed E-state index contributed by atoms with van der Waals surface area (Å²) in [5, 5.41) is 0. The maximum atomic E-state index is 14.5. The van der Waals surface area contributed by atoms with E-state index in [1.165, 1.54) is 6.26 Å². The van der Waals surface area contributed by atoms with E-state index in [1.807, 2.05) is 18.2 Å². The number of hydrogen-bond donors (Lipinski definition) is 0. The average molecular weight is 550 g/mol. The van der Waals surface area contributed by atoms with Crippen molar-refractivity contribution < 1.29 is 13.2 Å². The van der Waals surface area contributed by atoms with Gasteiger partial charge in [0.1, 0.15) is 16.9 Å². The van der Waals surface area contributed by atoms with Crippen LogP contribution >= 0.6 is 0 Å². The second-order valence-electron chi connectivity index (χ2n) is 13.9. The van der Waals surface area contributed by atoms with Crippen LogP contribution in [0.2, 0.25) is 0 Å². The lowest BCUT2D eigenvalue weighted by atomic mass is 9.69. The fourth-order valence-electron chi connectivity index (χ4n) is 6.16. The Morgan fingerprint density at radius 1 is 1.03 bits per heavy atom. The zero-order valence-corrected chi connectivity index (χ0v) is 25.6. The van der Waals surface area contributed by atoms with Crippen LogP contribution in [0.15, 0.2) is 58.4 Å². The van der Waals surface area contributed by atoms with Gasteiger partial charge in [-0.25, -0.2) is 8.42 Å². The molecule has 210 valence electrons. The Labute approximate surface area is 236 Å². The van der Waals surface area contributed by atoms with E-state index in [-0.39, 0.29) is 27.7 Å². The average Bonchev–Trinajstić information content (AvgIpc) is 3.10. The van der Waals surface area contributed by atoms with E-state index < -0.39 is 15.5 Å². The minimum absolute atomic E-state index is 0.104. The van der Waals surface area contributed by atoms with Crippen LogP contribution in [0.1, 0.15) is 103 Å². The normalized spacial score (nSPS) is 23.3. The van der Waals surface area contributed by atoms with Crippen molar-refractivity contribution >= 4 is 21.5 Å². The molecule has 1 amide bonds. The van der Waals surface area contributed by atoms with Crippen LogP contribution in [-0.2, 0) is 14.6 Å². The standard InChI is InChI=1S/C33H45N2O3S/c1-23-12-14-24(15-13-23)28(18-19-31(2,3)4)35-30(36)29(25-10-9-11-27(22-25)39(8,37)38)34-33(35)20-16-26(17-21-33)32(5,6)7/h9-15,22,26,28H,1,16-21H2,2-8H3/q+1. The summed E-state index contributed by atoms with van der Waals surface area (Å²) in [5.41, 5.74) is 2.66. The number of nitrogens with zero attached hydrogens (tertiary/aromatic N) is 2. The van der Waals surface area contributed by atoms with E-state index in [0.717, 1.165) is 49.7 Å². The predicted octanol–water partition coefficient (Wildman–Crippen LogP) is 7.40. The van der Waals surface area contributed by atoms with Crippen LogP contribution < -0.4 is 0 Å².